The maximum atomic E-state index is 11.0. The molecule has 0 heterocycles. The van der Waals surface area contributed by atoms with E-state index >= 15 is 0 Å². The van der Waals surface area contributed by atoms with Gasteiger partial charge in [-0.1, -0.05) is 49.6 Å². The predicted octanol–water partition coefficient (Wildman–Crippen LogP) is 3.17. The summed E-state index contributed by atoms with van der Waals surface area (Å²) in [6.07, 6.45) is 6.66. The molecule has 0 amide bonds. The molecule has 3 heteroatoms. The van der Waals surface area contributed by atoms with Crippen LogP contribution in [-0.2, 0) is 9.53 Å². The SMILES string of the molecule is C=C/C(CCCO/C(C=C)=c1\cccc\c1=C\C)=C(\C)C(=O)O. The van der Waals surface area contributed by atoms with Gasteiger partial charge in [0, 0.05) is 10.8 Å². The Morgan fingerprint density at radius 1 is 1.26 bits per heavy atom. The minimum atomic E-state index is -0.911. The van der Waals surface area contributed by atoms with E-state index in [9.17, 15) is 4.79 Å². The number of rotatable bonds is 8. The van der Waals surface area contributed by atoms with E-state index in [2.05, 4.69) is 13.2 Å². The third kappa shape index (κ3) is 5.29. The highest BCUT2D eigenvalue weighted by molar-refractivity contribution is 5.87. The number of carbonyl (C=O) groups is 1. The first-order valence-corrected chi connectivity index (χ1v) is 7.61. The molecule has 23 heavy (non-hydrogen) atoms. The summed E-state index contributed by atoms with van der Waals surface area (Å²) >= 11 is 0. The summed E-state index contributed by atoms with van der Waals surface area (Å²) in [5, 5.41) is 11.1. The second-order valence-corrected chi connectivity index (χ2v) is 5.06. The van der Waals surface area contributed by atoms with Gasteiger partial charge in [0.25, 0.3) is 0 Å². The van der Waals surface area contributed by atoms with Crippen molar-refractivity contribution in [3.8, 4) is 0 Å². The van der Waals surface area contributed by atoms with Crippen molar-refractivity contribution in [2.45, 2.75) is 26.7 Å². The van der Waals surface area contributed by atoms with Crippen LogP contribution in [0.2, 0.25) is 0 Å². The van der Waals surface area contributed by atoms with Gasteiger partial charge in [-0.2, -0.15) is 0 Å². The van der Waals surface area contributed by atoms with E-state index < -0.39 is 5.97 Å². The van der Waals surface area contributed by atoms with Crippen LogP contribution < -0.4 is 10.4 Å². The Balaban J connectivity index is 2.82. The number of carboxylic acid groups (broad SMARTS) is 1. The average molecular weight is 312 g/mol. The number of benzene rings is 1. The molecular formula is C20H24O3. The van der Waals surface area contributed by atoms with Crippen molar-refractivity contribution < 1.29 is 14.6 Å². The Labute approximate surface area is 137 Å². The maximum absolute atomic E-state index is 11.0. The normalized spacial score (nSPS) is 13.9. The molecule has 0 aromatic heterocycles. The zero-order valence-electron chi connectivity index (χ0n) is 13.8. The highest BCUT2D eigenvalue weighted by Gasteiger charge is 2.06. The van der Waals surface area contributed by atoms with Crippen molar-refractivity contribution in [1.29, 1.82) is 0 Å². The molecule has 1 rings (SSSR count). The maximum Gasteiger partial charge on any atom is 0.331 e. The van der Waals surface area contributed by atoms with Crippen LogP contribution in [0.25, 0.3) is 11.8 Å². The molecule has 1 N–H and O–H groups in total. The van der Waals surface area contributed by atoms with E-state index in [0.717, 1.165) is 21.8 Å². The molecule has 0 bridgehead atoms. The Kier molecular flexibility index (Phi) is 7.61. The summed E-state index contributed by atoms with van der Waals surface area (Å²) in [5.41, 5.74) is 1.07. The zero-order chi connectivity index (χ0) is 17.2. The van der Waals surface area contributed by atoms with Crippen LogP contribution in [0.3, 0.4) is 0 Å². The van der Waals surface area contributed by atoms with E-state index in [1.807, 2.05) is 37.3 Å². The Hall–Kier alpha value is -2.55. The predicted molar refractivity (Wildman–Crippen MR) is 95.2 cm³/mol. The zero-order valence-corrected chi connectivity index (χ0v) is 13.8. The molecule has 0 saturated heterocycles. The summed E-state index contributed by atoms with van der Waals surface area (Å²) in [6.45, 7) is 11.6. The summed E-state index contributed by atoms with van der Waals surface area (Å²) in [7, 11) is 0. The van der Waals surface area contributed by atoms with E-state index in [4.69, 9.17) is 9.84 Å². The summed E-state index contributed by atoms with van der Waals surface area (Å²) in [4.78, 5) is 11.0. The van der Waals surface area contributed by atoms with Gasteiger partial charge in [0.15, 0.2) is 0 Å². The largest absolute Gasteiger partial charge is 0.493 e. The molecule has 3 nitrogen and oxygen atoms in total. The molecular weight excluding hydrogens is 288 g/mol. The van der Waals surface area contributed by atoms with Gasteiger partial charge in [0.05, 0.1) is 6.61 Å². The molecule has 0 aliphatic heterocycles. The molecule has 0 aliphatic rings. The average Bonchev–Trinajstić information content (AvgIpc) is 2.57. The van der Waals surface area contributed by atoms with E-state index in [1.54, 1.807) is 19.1 Å². The highest BCUT2D eigenvalue weighted by atomic mass is 16.5. The molecule has 0 aliphatic carbocycles. The Bertz CT molecular complexity index is 723. The number of allylic oxidation sites excluding steroid dienone is 2. The van der Waals surface area contributed by atoms with Gasteiger partial charge >= 0.3 is 5.97 Å². The molecule has 0 spiro atoms. The van der Waals surface area contributed by atoms with Crippen molar-refractivity contribution >= 4 is 17.8 Å². The number of aliphatic carboxylic acids is 1. The minimum absolute atomic E-state index is 0.332. The first kappa shape index (κ1) is 18.5. The fourth-order valence-corrected chi connectivity index (χ4v) is 2.24. The van der Waals surface area contributed by atoms with Crippen LogP contribution in [0.4, 0.5) is 0 Å². The Morgan fingerprint density at radius 2 is 1.96 bits per heavy atom. The highest BCUT2D eigenvalue weighted by Crippen LogP contribution is 2.13. The lowest BCUT2D eigenvalue weighted by Gasteiger charge is -2.09. The van der Waals surface area contributed by atoms with Crippen molar-refractivity contribution in [2.24, 2.45) is 0 Å². The summed E-state index contributed by atoms with van der Waals surface area (Å²) in [6, 6.07) is 7.96. The molecule has 0 unspecified atom stereocenters. The number of hydrogen-bond acceptors (Lipinski definition) is 2. The van der Waals surface area contributed by atoms with Gasteiger partial charge in [-0.15, -0.1) is 0 Å². The number of ether oxygens (including phenoxy) is 1. The fraction of sp³-hybridized carbons (Fsp3) is 0.250. The van der Waals surface area contributed by atoms with Crippen LogP contribution in [-0.4, -0.2) is 17.7 Å². The van der Waals surface area contributed by atoms with Crippen LogP contribution in [0.15, 0.2) is 60.7 Å². The van der Waals surface area contributed by atoms with Crippen LogP contribution >= 0.6 is 0 Å². The monoisotopic (exact) mass is 312 g/mol. The summed E-state index contributed by atoms with van der Waals surface area (Å²) in [5.74, 6) is -0.177. The molecule has 0 fully saturated rings. The molecule has 122 valence electrons. The first-order chi connectivity index (χ1) is 11.0. The first-order valence-electron chi connectivity index (χ1n) is 7.61. The second kappa shape index (κ2) is 9.46. The van der Waals surface area contributed by atoms with Crippen molar-refractivity contribution in [3.63, 3.8) is 0 Å². The van der Waals surface area contributed by atoms with Gasteiger partial charge in [-0.25, -0.2) is 4.79 Å². The van der Waals surface area contributed by atoms with E-state index in [-0.39, 0.29) is 0 Å². The van der Waals surface area contributed by atoms with Crippen molar-refractivity contribution in [3.05, 3.63) is 71.2 Å². The third-order valence-electron chi connectivity index (χ3n) is 3.62. The molecule has 0 saturated carbocycles. The van der Waals surface area contributed by atoms with E-state index in [0.29, 0.717) is 25.0 Å². The quantitative estimate of drug-likeness (QED) is 0.456. The van der Waals surface area contributed by atoms with Crippen LogP contribution in [0, 0.1) is 0 Å². The topological polar surface area (TPSA) is 46.5 Å². The van der Waals surface area contributed by atoms with E-state index in [1.165, 1.54) is 0 Å². The van der Waals surface area contributed by atoms with Crippen molar-refractivity contribution in [1.82, 2.24) is 0 Å². The second-order valence-electron chi connectivity index (χ2n) is 5.06. The molecule has 0 atom stereocenters. The lowest BCUT2D eigenvalue weighted by atomic mass is 10.0. The van der Waals surface area contributed by atoms with Crippen LogP contribution in [0.5, 0.6) is 0 Å². The smallest absolute Gasteiger partial charge is 0.331 e. The van der Waals surface area contributed by atoms with Crippen molar-refractivity contribution in [2.75, 3.05) is 6.61 Å². The molecule has 0 radical (unpaired) electrons. The number of carboxylic acids is 1. The van der Waals surface area contributed by atoms with Gasteiger partial charge in [0.2, 0.25) is 0 Å². The number of hydrogen-bond donors (Lipinski definition) is 1. The van der Waals surface area contributed by atoms with Crippen LogP contribution in [0.1, 0.15) is 26.7 Å². The fourth-order valence-electron chi connectivity index (χ4n) is 2.24. The third-order valence-corrected chi connectivity index (χ3v) is 3.62. The Morgan fingerprint density at radius 3 is 2.52 bits per heavy atom. The lowest BCUT2D eigenvalue weighted by Crippen LogP contribution is -2.26. The lowest BCUT2D eigenvalue weighted by molar-refractivity contribution is -0.132. The summed E-state index contributed by atoms with van der Waals surface area (Å²) < 4.78 is 5.83. The molecule has 1 aromatic rings. The van der Waals surface area contributed by atoms with Gasteiger partial charge in [-0.05, 0) is 43.6 Å². The van der Waals surface area contributed by atoms with Gasteiger partial charge in [-0.3, -0.25) is 0 Å². The molecule has 1 aromatic carbocycles. The standard InChI is InChI=1S/C20H24O3/c1-5-16(15(4)20(21)22)12-10-14-23-19(7-3)18-13-9-8-11-17(18)6-2/h5-9,11,13H,1,3,10,12,14H2,2,4H3,(H,21,22)/b16-15-,17-6-,19-18+. The van der Waals surface area contributed by atoms with Gasteiger partial charge in [0.1, 0.15) is 5.76 Å². The van der Waals surface area contributed by atoms with Gasteiger partial charge < -0.3 is 9.84 Å². The minimum Gasteiger partial charge on any atom is -0.493 e.